The Bertz CT molecular complexity index is 714. The Morgan fingerprint density at radius 3 is 2.79 bits per heavy atom. The number of hydrogen-bond donors (Lipinski definition) is 1. The number of likely N-dealkylation sites (tertiary alicyclic amines) is 1. The number of amidine groups is 1. The number of sulfonamides is 1. The van der Waals surface area contributed by atoms with Gasteiger partial charge in [-0.1, -0.05) is 25.8 Å². The molecule has 0 aromatic heterocycles. The van der Waals surface area contributed by atoms with Crippen molar-refractivity contribution in [1.29, 1.82) is 0 Å². The van der Waals surface area contributed by atoms with E-state index < -0.39 is 10.0 Å². The van der Waals surface area contributed by atoms with Crippen LogP contribution in [0.4, 0.5) is 5.69 Å². The molecule has 0 radical (unpaired) electrons. The van der Waals surface area contributed by atoms with Crippen LogP contribution in [-0.4, -0.2) is 38.7 Å². The molecule has 0 atom stereocenters. The normalized spacial score (nSPS) is 16.6. The molecule has 7 heteroatoms. The Morgan fingerprint density at radius 1 is 1.33 bits per heavy atom. The number of nitrogens with one attached hydrogen (secondary N) is 1. The van der Waals surface area contributed by atoms with E-state index in [-0.39, 0.29) is 10.8 Å². The zero-order valence-corrected chi connectivity index (χ0v) is 15.1. The molecule has 0 unspecified atom stereocenters. The number of unbranched alkanes of at least 4 members (excludes halogenated alkanes) is 2. The smallest absolute Gasteiger partial charge is 0.284 e. The minimum absolute atomic E-state index is 0.0974. The molecule has 132 valence electrons. The van der Waals surface area contributed by atoms with Crippen LogP contribution in [0, 0.1) is 0 Å². The largest absolute Gasteiger partial charge is 0.362 e. The highest BCUT2D eigenvalue weighted by molar-refractivity contribution is 7.90. The van der Waals surface area contributed by atoms with Crippen molar-refractivity contribution in [3.8, 4) is 0 Å². The molecule has 1 aromatic rings. The van der Waals surface area contributed by atoms with Crippen molar-refractivity contribution in [2.75, 3.05) is 18.9 Å². The average molecular weight is 351 g/mol. The average Bonchev–Trinajstić information content (AvgIpc) is 2.92. The molecule has 1 amide bonds. The van der Waals surface area contributed by atoms with E-state index >= 15 is 0 Å². The monoisotopic (exact) mass is 351 g/mol. The van der Waals surface area contributed by atoms with Crippen LogP contribution in [-0.2, 0) is 14.8 Å². The summed E-state index contributed by atoms with van der Waals surface area (Å²) in [7, 11) is -1.92. The summed E-state index contributed by atoms with van der Waals surface area (Å²) in [6.45, 7) is 2.90. The second-order valence-electron chi connectivity index (χ2n) is 6.04. The number of benzene rings is 1. The van der Waals surface area contributed by atoms with Gasteiger partial charge in [0, 0.05) is 32.1 Å². The quantitative estimate of drug-likeness (QED) is 0.766. The first-order valence-corrected chi connectivity index (χ1v) is 9.81. The van der Waals surface area contributed by atoms with Gasteiger partial charge in [-0.25, -0.2) is 0 Å². The van der Waals surface area contributed by atoms with Gasteiger partial charge in [0.15, 0.2) is 0 Å². The molecule has 6 nitrogen and oxygen atoms in total. The van der Waals surface area contributed by atoms with E-state index in [0.29, 0.717) is 24.4 Å². The summed E-state index contributed by atoms with van der Waals surface area (Å²) < 4.78 is 28.9. The van der Waals surface area contributed by atoms with Gasteiger partial charge in [0.05, 0.1) is 4.90 Å². The van der Waals surface area contributed by atoms with Crippen molar-refractivity contribution in [2.45, 2.75) is 50.3 Å². The molecule has 2 rings (SSSR count). The van der Waals surface area contributed by atoms with E-state index in [1.807, 2.05) is 11.9 Å². The van der Waals surface area contributed by atoms with Gasteiger partial charge in [-0.3, -0.25) is 4.79 Å². The van der Waals surface area contributed by atoms with Gasteiger partial charge in [-0.05, 0) is 31.0 Å². The van der Waals surface area contributed by atoms with Crippen LogP contribution in [0.1, 0.15) is 45.4 Å². The van der Waals surface area contributed by atoms with Crippen LogP contribution in [0.5, 0.6) is 0 Å². The number of amides is 1. The Kier molecular flexibility index (Phi) is 6.36. The maximum absolute atomic E-state index is 12.5. The van der Waals surface area contributed by atoms with Crippen LogP contribution in [0.3, 0.4) is 0 Å². The summed E-state index contributed by atoms with van der Waals surface area (Å²) >= 11 is 0. The molecule has 1 fully saturated rings. The Morgan fingerprint density at radius 2 is 2.12 bits per heavy atom. The minimum atomic E-state index is -3.76. The van der Waals surface area contributed by atoms with Gasteiger partial charge in [0.1, 0.15) is 5.84 Å². The fourth-order valence-electron chi connectivity index (χ4n) is 2.59. The summed E-state index contributed by atoms with van der Waals surface area (Å²) in [5.41, 5.74) is 0.484. The number of anilines is 1. The maximum atomic E-state index is 12.5. The number of carbonyl (C=O) groups excluding carboxylic acids is 1. The molecule has 0 aliphatic carbocycles. The third-order valence-electron chi connectivity index (χ3n) is 3.98. The van der Waals surface area contributed by atoms with E-state index in [0.717, 1.165) is 32.2 Å². The fourth-order valence-corrected chi connectivity index (χ4v) is 3.73. The third kappa shape index (κ3) is 5.06. The Balaban J connectivity index is 2.10. The molecule has 1 aliphatic rings. The second kappa shape index (κ2) is 8.28. The molecule has 0 saturated carbocycles. The minimum Gasteiger partial charge on any atom is -0.362 e. The molecule has 24 heavy (non-hydrogen) atoms. The lowest BCUT2D eigenvalue weighted by molar-refractivity contribution is -0.116. The molecular formula is C17H25N3O3S. The zero-order valence-electron chi connectivity index (χ0n) is 14.3. The van der Waals surface area contributed by atoms with Gasteiger partial charge < -0.3 is 10.2 Å². The van der Waals surface area contributed by atoms with Crippen LogP contribution in [0.25, 0.3) is 0 Å². The lowest BCUT2D eigenvalue weighted by Gasteiger charge is -2.11. The number of rotatable bonds is 7. The van der Waals surface area contributed by atoms with Crippen LogP contribution >= 0.6 is 0 Å². The van der Waals surface area contributed by atoms with Crippen molar-refractivity contribution >= 4 is 27.5 Å². The van der Waals surface area contributed by atoms with E-state index in [9.17, 15) is 13.2 Å². The first-order valence-electron chi connectivity index (χ1n) is 8.37. The van der Waals surface area contributed by atoms with Crippen molar-refractivity contribution in [3.63, 3.8) is 0 Å². The van der Waals surface area contributed by atoms with E-state index in [1.165, 1.54) is 12.1 Å². The fraction of sp³-hybridized carbons (Fsp3) is 0.529. The second-order valence-corrected chi connectivity index (χ2v) is 7.64. The molecule has 1 heterocycles. The summed E-state index contributed by atoms with van der Waals surface area (Å²) in [6.07, 6.45) is 4.92. The summed E-state index contributed by atoms with van der Waals surface area (Å²) in [6, 6.07) is 6.27. The number of nitrogens with zero attached hydrogens (tertiary/aromatic N) is 2. The topological polar surface area (TPSA) is 78.8 Å². The first-order chi connectivity index (χ1) is 11.4. The predicted octanol–water partition coefficient (Wildman–Crippen LogP) is 3.02. The van der Waals surface area contributed by atoms with Crippen LogP contribution in [0.2, 0.25) is 0 Å². The highest BCUT2D eigenvalue weighted by atomic mass is 32.2. The molecule has 1 N–H and O–H groups in total. The highest BCUT2D eigenvalue weighted by Gasteiger charge is 2.20. The van der Waals surface area contributed by atoms with Gasteiger partial charge in [0.25, 0.3) is 10.0 Å². The Hall–Kier alpha value is -1.89. The predicted molar refractivity (Wildman–Crippen MR) is 95.7 cm³/mol. The van der Waals surface area contributed by atoms with Gasteiger partial charge in [-0.2, -0.15) is 8.42 Å². The lowest BCUT2D eigenvalue weighted by Crippen LogP contribution is -2.20. The first kappa shape index (κ1) is 18.4. The molecule has 1 aliphatic heterocycles. The Labute approximate surface area is 144 Å². The summed E-state index contributed by atoms with van der Waals surface area (Å²) in [5.74, 6) is 0.490. The number of carbonyl (C=O) groups is 1. The molecule has 0 bridgehead atoms. The number of hydrogen-bond acceptors (Lipinski definition) is 3. The van der Waals surface area contributed by atoms with Crippen molar-refractivity contribution < 1.29 is 13.2 Å². The molecule has 1 aromatic carbocycles. The van der Waals surface area contributed by atoms with Crippen molar-refractivity contribution in [2.24, 2.45) is 4.40 Å². The standard InChI is InChI=1S/C17H25N3O3S/c1-3-4-5-11-17(21)18-14-8-6-9-15(13-14)24(22,23)19-16-10-7-12-20(16)2/h6,8-9,13H,3-5,7,10-12H2,1-2H3,(H,18,21). The van der Waals surface area contributed by atoms with Gasteiger partial charge in [0.2, 0.25) is 5.91 Å². The zero-order chi connectivity index (χ0) is 17.6. The van der Waals surface area contributed by atoms with Gasteiger partial charge in [-0.15, -0.1) is 4.40 Å². The SMILES string of the molecule is CCCCCC(=O)Nc1cccc(S(=O)(=O)N=C2CCCN2C)c1. The van der Waals surface area contributed by atoms with Crippen LogP contribution < -0.4 is 5.32 Å². The molecule has 0 spiro atoms. The third-order valence-corrected chi connectivity index (χ3v) is 5.28. The summed E-state index contributed by atoms with van der Waals surface area (Å²) in [5, 5.41) is 2.75. The highest BCUT2D eigenvalue weighted by Crippen LogP contribution is 2.20. The van der Waals surface area contributed by atoms with Gasteiger partial charge >= 0.3 is 0 Å². The lowest BCUT2D eigenvalue weighted by atomic mass is 10.2. The van der Waals surface area contributed by atoms with Crippen molar-refractivity contribution in [3.05, 3.63) is 24.3 Å². The summed E-state index contributed by atoms with van der Waals surface area (Å²) in [4.78, 5) is 13.8. The van der Waals surface area contributed by atoms with E-state index in [1.54, 1.807) is 12.1 Å². The molecular weight excluding hydrogens is 326 g/mol. The maximum Gasteiger partial charge on any atom is 0.284 e. The van der Waals surface area contributed by atoms with E-state index in [4.69, 9.17) is 0 Å². The van der Waals surface area contributed by atoms with Crippen molar-refractivity contribution in [1.82, 2.24) is 4.90 Å². The van der Waals surface area contributed by atoms with E-state index in [2.05, 4.69) is 16.6 Å². The molecule has 1 saturated heterocycles. The van der Waals surface area contributed by atoms with Crippen LogP contribution in [0.15, 0.2) is 33.6 Å².